The summed E-state index contributed by atoms with van der Waals surface area (Å²) >= 11 is 0. The standard InChI is InChI=1S/C122H238O11/c1-5-9-13-17-21-25-29-33-37-41-45-49-53-57-61-65-69-73-77-81-85-89-93-97-101-105-117(125)130-113-121(109-123,114-131-118(126)106-102-98-94-90-86-82-78-74-70-66-62-58-54-50-46-42-38-34-30-26-22-18-14-10-6-2)111-129-112-122(110-124,115-132-119(127)107-103-99-95-91-87-83-79-75-71-67-63-59-55-51-47-43-39-35-31-27-23-19-15-11-7-3)116-133-120(128)108-104-100-96-92-88-84-80-76-72-68-64-60-56-52-48-44-40-36-32-28-24-20-16-12-8-4/h123-124H,5-116H2,1-4H3. The average Bonchev–Trinajstić information content (AvgIpc) is 0.847. The van der Waals surface area contributed by atoms with E-state index < -0.39 is 24.0 Å². The Labute approximate surface area is 831 Å². The van der Waals surface area contributed by atoms with Gasteiger partial charge in [-0.1, -0.05) is 644 Å². The maximum atomic E-state index is 13.5. The zero-order valence-electron chi connectivity index (χ0n) is 90.8. The minimum Gasteiger partial charge on any atom is -0.465 e. The second-order valence-corrected chi connectivity index (χ2v) is 43.4. The van der Waals surface area contributed by atoms with E-state index in [0.717, 1.165) is 77.0 Å². The Morgan fingerprint density at radius 2 is 0.233 bits per heavy atom. The predicted molar refractivity (Wildman–Crippen MR) is 577 cm³/mol. The number of carbonyl (C=O) groups is 4. The zero-order chi connectivity index (χ0) is 96.0. The van der Waals surface area contributed by atoms with Crippen molar-refractivity contribution in [3.63, 3.8) is 0 Å². The molecule has 11 heteroatoms. The Morgan fingerprint density at radius 3 is 0.323 bits per heavy atom. The molecule has 0 aromatic carbocycles. The van der Waals surface area contributed by atoms with Crippen molar-refractivity contribution < 1.29 is 53.1 Å². The summed E-state index contributed by atoms with van der Waals surface area (Å²) in [4.78, 5) is 54.2. The van der Waals surface area contributed by atoms with E-state index in [1.165, 1.54) is 539 Å². The number of rotatable bonds is 118. The van der Waals surface area contributed by atoms with Gasteiger partial charge in [0.05, 0.1) is 37.3 Å². The highest BCUT2D eigenvalue weighted by atomic mass is 16.6. The molecule has 0 saturated heterocycles. The molecule has 792 valence electrons. The summed E-state index contributed by atoms with van der Waals surface area (Å²) in [5.41, 5.74) is -2.62. The maximum absolute atomic E-state index is 13.5. The van der Waals surface area contributed by atoms with Crippen LogP contribution in [0.1, 0.15) is 695 Å². The van der Waals surface area contributed by atoms with Crippen LogP contribution in [-0.2, 0) is 42.9 Å². The maximum Gasteiger partial charge on any atom is 0.305 e. The molecule has 0 spiro atoms. The minimum absolute atomic E-state index is 0.189. The van der Waals surface area contributed by atoms with Gasteiger partial charge in [-0.3, -0.25) is 19.2 Å². The van der Waals surface area contributed by atoms with E-state index in [-0.39, 0.29) is 89.2 Å². The van der Waals surface area contributed by atoms with Gasteiger partial charge in [0.15, 0.2) is 0 Å². The lowest BCUT2D eigenvalue weighted by atomic mass is 9.90. The number of carbonyl (C=O) groups excluding carboxylic acids is 4. The molecule has 0 unspecified atom stereocenters. The van der Waals surface area contributed by atoms with Gasteiger partial charge >= 0.3 is 23.9 Å². The normalized spacial score (nSPS) is 11.9. The topological polar surface area (TPSA) is 155 Å². The van der Waals surface area contributed by atoms with E-state index in [1.54, 1.807) is 0 Å². The van der Waals surface area contributed by atoms with Gasteiger partial charge in [0, 0.05) is 25.7 Å². The Kier molecular flexibility index (Phi) is 110. The second kappa shape index (κ2) is 112. The van der Waals surface area contributed by atoms with Crippen LogP contribution in [0.3, 0.4) is 0 Å². The summed E-state index contributed by atoms with van der Waals surface area (Å²) in [6, 6.07) is 0. The van der Waals surface area contributed by atoms with Gasteiger partial charge in [-0.2, -0.15) is 0 Å². The molecule has 0 aliphatic rings. The zero-order valence-corrected chi connectivity index (χ0v) is 90.8. The van der Waals surface area contributed by atoms with Crippen LogP contribution in [0.2, 0.25) is 0 Å². The van der Waals surface area contributed by atoms with Gasteiger partial charge in [0.25, 0.3) is 0 Å². The van der Waals surface area contributed by atoms with Gasteiger partial charge in [-0.15, -0.1) is 0 Å². The molecule has 0 heterocycles. The first-order valence-electron chi connectivity index (χ1n) is 61.1. The lowest BCUT2D eigenvalue weighted by Crippen LogP contribution is -2.46. The van der Waals surface area contributed by atoms with Gasteiger partial charge in [0.1, 0.15) is 26.4 Å². The summed E-state index contributed by atoms with van der Waals surface area (Å²) in [6.07, 6.45) is 133. The van der Waals surface area contributed by atoms with Crippen LogP contribution in [-0.4, -0.2) is 86.9 Å². The van der Waals surface area contributed by atoms with Gasteiger partial charge in [-0.25, -0.2) is 0 Å². The number of hydrogen-bond acceptors (Lipinski definition) is 11. The van der Waals surface area contributed by atoms with Crippen molar-refractivity contribution in [3.8, 4) is 0 Å². The number of unbranched alkanes of at least 4 members (excludes halogenated alkanes) is 96. The van der Waals surface area contributed by atoms with Gasteiger partial charge in [-0.05, 0) is 25.7 Å². The number of aliphatic hydroxyl groups is 2. The predicted octanol–water partition coefficient (Wildman–Crippen LogP) is 39.8. The molecule has 11 nitrogen and oxygen atoms in total. The molecule has 133 heavy (non-hydrogen) atoms. The molecular weight excluding hydrogens is 1640 g/mol. The van der Waals surface area contributed by atoms with Crippen molar-refractivity contribution in [3.05, 3.63) is 0 Å². The number of esters is 4. The van der Waals surface area contributed by atoms with Crippen molar-refractivity contribution in [2.24, 2.45) is 10.8 Å². The summed E-state index contributed by atoms with van der Waals surface area (Å²) < 4.78 is 30.3. The molecule has 0 fully saturated rings. The fourth-order valence-electron chi connectivity index (χ4n) is 19.9. The monoisotopic (exact) mass is 1880 g/mol. The fraction of sp³-hybridized carbons (Fsp3) is 0.967. The van der Waals surface area contributed by atoms with Crippen LogP contribution in [0.4, 0.5) is 0 Å². The van der Waals surface area contributed by atoms with Crippen LogP contribution in [0.15, 0.2) is 0 Å². The largest absolute Gasteiger partial charge is 0.465 e. The van der Waals surface area contributed by atoms with Crippen LogP contribution in [0.5, 0.6) is 0 Å². The summed E-state index contributed by atoms with van der Waals surface area (Å²) in [5.74, 6) is -1.47. The summed E-state index contributed by atoms with van der Waals surface area (Å²) in [7, 11) is 0. The summed E-state index contributed by atoms with van der Waals surface area (Å²) in [6.45, 7) is 6.89. The van der Waals surface area contributed by atoms with E-state index in [4.69, 9.17) is 23.7 Å². The highest BCUT2D eigenvalue weighted by Crippen LogP contribution is 2.29. The number of aliphatic hydroxyl groups excluding tert-OH is 2. The Bertz CT molecular complexity index is 1960. The third kappa shape index (κ3) is 102. The minimum atomic E-state index is -1.31. The molecule has 0 aliphatic carbocycles. The fourth-order valence-corrected chi connectivity index (χ4v) is 19.9. The average molecular weight is 1880 g/mol. The molecule has 0 saturated carbocycles. The van der Waals surface area contributed by atoms with Crippen molar-refractivity contribution in [2.75, 3.05) is 52.9 Å². The first-order chi connectivity index (χ1) is 65.6. The van der Waals surface area contributed by atoms with Gasteiger partial charge < -0.3 is 33.9 Å². The molecule has 0 bridgehead atoms. The summed E-state index contributed by atoms with van der Waals surface area (Å²) in [5, 5.41) is 22.6. The van der Waals surface area contributed by atoms with Gasteiger partial charge in [0.2, 0.25) is 0 Å². The van der Waals surface area contributed by atoms with Crippen LogP contribution >= 0.6 is 0 Å². The third-order valence-electron chi connectivity index (χ3n) is 29.6. The van der Waals surface area contributed by atoms with Crippen molar-refractivity contribution in [1.82, 2.24) is 0 Å². The molecule has 0 radical (unpaired) electrons. The molecular formula is C122H238O11. The molecule has 0 atom stereocenters. The smallest absolute Gasteiger partial charge is 0.305 e. The molecule has 0 aromatic rings. The SMILES string of the molecule is CCCCCCCCCCCCCCCCCCCCCCCCCCCC(=O)OCC(CO)(COCC(CO)(COC(=O)CCCCCCCCCCCCCCCCCCCCCCCCCCC)COC(=O)CCCCCCCCCCCCCCCCCCCCCCCCCCC)COC(=O)CCCCCCCCCCCCCCCCCCCCCCCCCCC. The molecule has 0 rings (SSSR count). The number of hydrogen-bond donors (Lipinski definition) is 2. The Morgan fingerprint density at radius 1 is 0.143 bits per heavy atom. The highest BCUT2D eigenvalue weighted by Gasteiger charge is 2.39. The quantitative estimate of drug-likeness (QED) is 0.0340. The number of ether oxygens (including phenoxy) is 5. The lowest BCUT2D eigenvalue weighted by Gasteiger charge is -2.34. The second-order valence-electron chi connectivity index (χ2n) is 43.4. The van der Waals surface area contributed by atoms with E-state index in [2.05, 4.69) is 27.7 Å². The van der Waals surface area contributed by atoms with Crippen LogP contribution in [0.25, 0.3) is 0 Å². The van der Waals surface area contributed by atoms with Crippen LogP contribution < -0.4 is 0 Å². The molecule has 2 N–H and O–H groups in total. The van der Waals surface area contributed by atoms with Crippen molar-refractivity contribution in [1.29, 1.82) is 0 Å². The van der Waals surface area contributed by atoms with E-state index in [9.17, 15) is 29.4 Å². The highest BCUT2D eigenvalue weighted by molar-refractivity contribution is 5.70. The van der Waals surface area contributed by atoms with E-state index in [0.29, 0.717) is 25.7 Å². The van der Waals surface area contributed by atoms with E-state index in [1.807, 2.05) is 0 Å². The Hall–Kier alpha value is -2.24. The Balaban J connectivity index is 5.50. The molecule has 0 aromatic heterocycles. The first-order valence-corrected chi connectivity index (χ1v) is 61.1. The lowest BCUT2D eigenvalue weighted by molar-refractivity contribution is -0.168. The van der Waals surface area contributed by atoms with Crippen molar-refractivity contribution in [2.45, 2.75) is 695 Å². The van der Waals surface area contributed by atoms with E-state index >= 15 is 0 Å². The van der Waals surface area contributed by atoms with Crippen molar-refractivity contribution >= 4 is 23.9 Å². The van der Waals surface area contributed by atoms with Crippen LogP contribution in [0, 0.1) is 10.8 Å². The first kappa shape index (κ1) is 131. The molecule has 0 amide bonds. The molecule has 0 aliphatic heterocycles. The third-order valence-corrected chi connectivity index (χ3v) is 29.6.